The molecule has 2 N–H and O–H groups in total. The number of rotatable bonds is 12. The molecule has 1 amide bonds. The number of anilines is 1. The fourth-order valence-electron chi connectivity index (χ4n) is 3.56. The van der Waals surface area contributed by atoms with Crippen LogP contribution in [0.2, 0.25) is 0 Å². The summed E-state index contributed by atoms with van der Waals surface area (Å²) in [7, 11) is 0. The first-order chi connectivity index (χ1) is 16.9. The van der Waals surface area contributed by atoms with E-state index in [1.807, 2.05) is 26.0 Å². The van der Waals surface area contributed by atoms with Crippen molar-refractivity contribution < 1.29 is 23.9 Å². The molecule has 0 heterocycles. The molecule has 0 bridgehead atoms. The summed E-state index contributed by atoms with van der Waals surface area (Å²) in [6.07, 6.45) is 9.16. The topological polar surface area (TPSA) is 83.5 Å². The third kappa shape index (κ3) is 8.01. The van der Waals surface area contributed by atoms with E-state index in [1.54, 1.807) is 19.9 Å². The molecule has 0 spiro atoms. The zero-order valence-electron chi connectivity index (χ0n) is 22.4. The second kappa shape index (κ2) is 14.1. The van der Waals surface area contributed by atoms with Gasteiger partial charge in [0.15, 0.2) is 0 Å². The Morgan fingerprint density at radius 1 is 1.11 bits per heavy atom. The minimum Gasteiger partial charge on any atom is -0.475 e. The highest BCUT2D eigenvalue weighted by atomic mass is 19.1. The lowest BCUT2D eigenvalue weighted by Gasteiger charge is -2.23. The van der Waals surface area contributed by atoms with Gasteiger partial charge in [-0.1, -0.05) is 65.0 Å². The number of amides is 1. The highest BCUT2D eigenvalue weighted by molar-refractivity contribution is 6.40. The maximum absolute atomic E-state index is 13.8. The van der Waals surface area contributed by atoms with Crippen LogP contribution in [-0.4, -0.2) is 22.8 Å². The van der Waals surface area contributed by atoms with Crippen molar-refractivity contribution >= 4 is 23.3 Å². The molecular weight excluding hydrogens is 457 g/mol. The van der Waals surface area contributed by atoms with Gasteiger partial charge in [0, 0.05) is 16.8 Å². The normalized spacial score (nSPS) is 15.1. The molecule has 6 heteroatoms. The first-order valence-corrected chi connectivity index (χ1v) is 12.2. The molecule has 194 valence electrons. The lowest BCUT2D eigenvalue weighted by Crippen LogP contribution is -2.23. The van der Waals surface area contributed by atoms with E-state index in [-0.39, 0.29) is 22.6 Å². The molecule has 2 unspecified atom stereocenters. The summed E-state index contributed by atoms with van der Waals surface area (Å²) < 4.78 is 13.8. The molecule has 5 nitrogen and oxygen atoms in total. The summed E-state index contributed by atoms with van der Waals surface area (Å²) in [6, 6.07) is 4.23. The number of hydrogen-bond acceptors (Lipinski definition) is 3. The number of ketones is 1. The van der Waals surface area contributed by atoms with Gasteiger partial charge >= 0.3 is 5.97 Å². The summed E-state index contributed by atoms with van der Waals surface area (Å²) in [5, 5.41) is 12.1. The van der Waals surface area contributed by atoms with Gasteiger partial charge in [0.1, 0.15) is 5.82 Å². The number of halogens is 1. The van der Waals surface area contributed by atoms with Crippen LogP contribution in [0.15, 0.2) is 76.9 Å². The fraction of sp³-hybridized carbons (Fsp3) is 0.367. The molecule has 0 radical (unpaired) electrons. The van der Waals surface area contributed by atoms with Crippen molar-refractivity contribution in [3.63, 3.8) is 0 Å². The summed E-state index contributed by atoms with van der Waals surface area (Å²) in [5.74, 6) is -3.35. The van der Waals surface area contributed by atoms with Crippen LogP contribution in [0.4, 0.5) is 10.1 Å². The van der Waals surface area contributed by atoms with Crippen molar-refractivity contribution in [2.45, 2.75) is 61.3 Å². The van der Waals surface area contributed by atoms with E-state index in [2.05, 4.69) is 31.8 Å². The van der Waals surface area contributed by atoms with E-state index >= 15 is 0 Å². The molecule has 0 fully saturated rings. The molecule has 1 aromatic carbocycles. The number of carboxylic acid groups (broad SMARTS) is 1. The van der Waals surface area contributed by atoms with Crippen LogP contribution in [-0.2, 0) is 14.4 Å². The van der Waals surface area contributed by atoms with Crippen LogP contribution < -0.4 is 5.32 Å². The molecule has 0 aliphatic rings. The first-order valence-electron chi connectivity index (χ1n) is 12.2. The zero-order valence-corrected chi connectivity index (χ0v) is 22.4. The number of benzene rings is 1. The van der Waals surface area contributed by atoms with Crippen LogP contribution in [0.25, 0.3) is 0 Å². The monoisotopic (exact) mass is 495 g/mol. The maximum Gasteiger partial charge on any atom is 0.376 e. The van der Waals surface area contributed by atoms with E-state index in [0.29, 0.717) is 34.7 Å². The highest BCUT2D eigenvalue weighted by Gasteiger charge is 2.26. The SMILES string of the molecule is C=CC(=C\C=C/C(C)CC)/C(=C(C(=O)Nc1ccc(F)c(C)c1)/C(C)=C(\C)C(=O)C(=O)O)C(C)CC. The average molecular weight is 496 g/mol. The fourth-order valence-corrected chi connectivity index (χ4v) is 3.56. The Kier molecular flexibility index (Phi) is 12.0. The Morgan fingerprint density at radius 2 is 1.75 bits per heavy atom. The Labute approximate surface area is 214 Å². The highest BCUT2D eigenvalue weighted by Crippen LogP contribution is 2.33. The quantitative estimate of drug-likeness (QED) is 0.184. The minimum atomic E-state index is -1.60. The van der Waals surface area contributed by atoms with E-state index in [4.69, 9.17) is 0 Å². The lowest BCUT2D eigenvalue weighted by molar-refractivity contribution is -0.147. The number of hydrogen-bond donors (Lipinski definition) is 2. The smallest absolute Gasteiger partial charge is 0.376 e. The van der Waals surface area contributed by atoms with Crippen molar-refractivity contribution in [1.29, 1.82) is 0 Å². The van der Waals surface area contributed by atoms with Gasteiger partial charge in [0.2, 0.25) is 0 Å². The van der Waals surface area contributed by atoms with Gasteiger partial charge in [-0.05, 0) is 79.5 Å². The molecule has 0 saturated carbocycles. The second-order valence-corrected chi connectivity index (χ2v) is 9.00. The Balaban J connectivity index is 3.94. The predicted octanol–water partition coefficient (Wildman–Crippen LogP) is 7.12. The van der Waals surface area contributed by atoms with Crippen LogP contribution in [0, 0.1) is 24.6 Å². The molecule has 0 aromatic heterocycles. The molecule has 0 aliphatic heterocycles. The molecular formula is C30H38FNO4. The number of carbonyl (C=O) groups is 3. The van der Waals surface area contributed by atoms with E-state index in [0.717, 1.165) is 6.42 Å². The summed E-state index contributed by atoms with van der Waals surface area (Å²) in [6.45, 7) is 16.6. The van der Waals surface area contributed by atoms with Crippen molar-refractivity contribution in [2.75, 3.05) is 5.32 Å². The Hall–Kier alpha value is -3.54. The van der Waals surface area contributed by atoms with Gasteiger partial charge in [-0.3, -0.25) is 9.59 Å². The van der Waals surface area contributed by atoms with Gasteiger partial charge in [0.05, 0.1) is 0 Å². The number of nitrogens with one attached hydrogen (secondary N) is 1. The molecule has 2 atom stereocenters. The minimum absolute atomic E-state index is 0.0395. The third-order valence-corrected chi connectivity index (χ3v) is 6.38. The Bertz CT molecular complexity index is 1140. The second-order valence-electron chi connectivity index (χ2n) is 9.00. The number of allylic oxidation sites excluding steroid dienone is 6. The number of aryl methyl sites for hydroxylation is 1. The number of Topliss-reactive ketones (excluding diaryl/α,β-unsaturated/α-hetero) is 1. The van der Waals surface area contributed by atoms with Crippen LogP contribution in [0.5, 0.6) is 0 Å². The van der Waals surface area contributed by atoms with Crippen molar-refractivity contribution in [3.05, 3.63) is 88.3 Å². The standard InChI is InChI=1S/C30H38FNO4/c1-9-18(4)13-12-14-23(11-3)26(19(5)10-2)27(21(7)22(8)28(33)30(35)36)29(34)32-24-15-16-25(31)20(6)17-24/h11-19H,3,9-10H2,1-2,4-8H3,(H,32,34)(H,35,36)/b13-12-,22-21+,23-14+,27-26-. The van der Waals surface area contributed by atoms with Crippen molar-refractivity contribution in [2.24, 2.45) is 11.8 Å². The van der Waals surface area contributed by atoms with Crippen molar-refractivity contribution in [3.8, 4) is 0 Å². The summed E-state index contributed by atoms with van der Waals surface area (Å²) in [5.41, 5.74) is 2.51. The average Bonchev–Trinajstić information content (AvgIpc) is 2.85. The van der Waals surface area contributed by atoms with Gasteiger partial charge in [-0.25, -0.2) is 9.18 Å². The Morgan fingerprint density at radius 3 is 2.25 bits per heavy atom. The van der Waals surface area contributed by atoms with Crippen LogP contribution in [0.1, 0.15) is 59.9 Å². The molecule has 36 heavy (non-hydrogen) atoms. The molecule has 0 aliphatic carbocycles. The van der Waals surface area contributed by atoms with E-state index in [9.17, 15) is 23.9 Å². The summed E-state index contributed by atoms with van der Waals surface area (Å²) >= 11 is 0. The number of carboxylic acids is 1. The van der Waals surface area contributed by atoms with Crippen LogP contribution >= 0.6 is 0 Å². The van der Waals surface area contributed by atoms with E-state index in [1.165, 1.54) is 25.1 Å². The molecule has 0 saturated heterocycles. The van der Waals surface area contributed by atoms with Gasteiger partial charge in [-0.2, -0.15) is 0 Å². The first kappa shape index (κ1) is 30.5. The van der Waals surface area contributed by atoms with Gasteiger partial charge in [-0.15, -0.1) is 0 Å². The zero-order chi connectivity index (χ0) is 27.6. The largest absolute Gasteiger partial charge is 0.475 e. The summed E-state index contributed by atoms with van der Waals surface area (Å²) in [4.78, 5) is 37.5. The van der Waals surface area contributed by atoms with Crippen LogP contribution in [0.3, 0.4) is 0 Å². The van der Waals surface area contributed by atoms with Gasteiger partial charge in [0.25, 0.3) is 11.7 Å². The third-order valence-electron chi connectivity index (χ3n) is 6.38. The predicted molar refractivity (Wildman–Crippen MR) is 144 cm³/mol. The molecule has 1 aromatic rings. The van der Waals surface area contributed by atoms with E-state index < -0.39 is 23.5 Å². The number of aliphatic carboxylic acids is 1. The molecule has 1 rings (SSSR count). The van der Waals surface area contributed by atoms with Crippen molar-refractivity contribution in [1.82, 2.24) is 0 Å². The maximum atomic E-state index is 13.8. The lowest BCUT2D eigenvalue weighted by atomic mass is 9.83. The van der Waals surface area contributed by atoms with Gasteiger partial charge < -0.3 is 10.4 Å². The number of carbonyl (C=O) groups excluding carboxylic acids is 2.